The molecule has 2 aromatic heterocycles. The lowest BCUT2D eigenvalue weighted by Crippen LogP contribution is -2.37. The minimum absolute atomic E-state index is 0.0142. The standard InChI is InChI=1S/C20H29N5O2S/c1-6-25-15(5)17(14(4)22-25)19(26)23-8-7-9-24(11-10-23)20(27)18-21-16(12-28-18)13(2)3/h12-13H,6-11H2,1-5H3. The van der Waals surface area contributed by atoms with Crippen LogP contribution in [0.1, 0.15) is 70.4 Å². The minimum Gasteiger partial charge on any atom is -0.337 e. The van der Waals surface area contributed by atoms with Crippen molar-refractivity contribution in [3.63, 3.8) is 0 Å². The van der Waals surface area contributed by atoms with Crippen LogP contribution in [-0.2, 0) is 6.54 Å². The molecule has 3 rings (SSSR count). The van der Waals surface area contributed by atoms with Crippen molar-refractivity contribution in [3.05, 3.63) is 33.0 Å². The van der Waals surface area contributed by atoms with Gasteiger partial charge in [-0.15, -0.1) is 11.3 Å². The van der Waals surface area contributed by atoms with E-state index < -0.39 is 0 Å². The average molecular weight is 404 g/mol. The fourth-order valence-electron chi connectivity index (χ4n) is 3.58. The van der Waals surface area contributed by atoms with Crippen LogP contribution >= 0.6 is 11.3 Å². The van der Waals surface area contributed by atoms with Gasteiger partial charge in [0.15, 0.2) is 5.01 Å². The summed E-state index contributed by atoms with van der Waals surface area (Å²) < 4.78 is 1.87. The first-order valence-electron chi connectivity index (χ1n) is 9.91. The largest absolute Gasteiger partial charge is 0.337 e. The van der Waals surface area contributed by atoms with Gasteiger partial charge in [0, 0.05) is 43.8 Å². The molecule has 1 aliphatic heterocycles. The molecule has 3 heterocycles. The van der Waals surface area contributed by atoms with E-state index in [1.165, 1.54) is 11.3 Å². The second kappa shape index (κ2) is 8.43. The molecule has 8 heteroatoms. The highest BCUT2D eigenvalue weighted by molar-refractivity contribution is 7.11. The zero-order chi connectivity index (χ0) is 20.4. The van der Waals surface area contributed by atoms with Gasteiger partial charge in [0.2, 0.25) is 0 Å². The van der Waals surface area contributed by atoms with Crippen molar-refractivity contribution >= 4 is 23.2 Å². The van der Waals surface area contributed by atoms with Crippen molar-refractivity contribution in [3.8, 4) is 0 Å². The predicted molar refractivity (Wildman–Crippen MR) is 110 cm³/mol. The molecule has 0 atom stereocenters. The quantitative estimate of drug-likeness (QED) is 0.786. The lowest BCUT2D eigenvalue weighted by Gasteiger charge is -2.22. The monoisotopic (exact) mass is 403 g/mol. The Kier molecular flexibility index (Phi) is 6.17. The summed E-state index contributed by atoms with van der Waals surface area (Å²) in [6.07, 6.45) is 0.764. The number of carbonyl (C=O) groups is 2. The molecule has 0 aromatic carbocycles. The van der Waals surface area contributed by atoms with E-state index in [1.54, 1.807) is 0 Å². The molecule has 2 aromatic rings. The van der Waals surface area contributed by atoms with Crippen molar-refractivity contribution in [2.45, 2.75) is 53.5 Å². The van der Waals surface area contributed by atoms with Crippen LogP contribution in [0.4, 0.5) is 0 Å². The molecule has 1 saturated heterocycles. The summed E-state index contributed by atoms with van der Waals surface area (Å²) in [6, 6.07) is 0. The third-order valence-corrected chi connectivity index (χ3v) is 6.11. The zero-order valence-corrected chi connectivity index (χ0v) is 18.2. The molecule has 0 saturated carbocycles. The summed E-state index contributed by atoms with van der Waals surface area (Å²) in [4.78, 5) is 34.1. The third-order valence-electron chi connectivity index (χ3n) is 5.26. The first-order chi connectivity index (χ1) is 13.3. The molecule has 2 amide bonds. The number of hydrogen-bond acceptors (Lipinski definition) is 5. The van der Waals surface area contributed by atoms with Crippen LogP contribution in [0.2, 0.25) is 0 Å². The molecular weight excluding hydrogens is 374 g/mol. The van der Waals surface area contributed by atoms with E-state index in [0.29, 0.717) is 42.7 Å². The van der Waals surface area contributed by atoms with Gasteiger partial charge in [-0.3, -0.25) is 14.3 Å². The second-order valence-corrected chi connectivity index (χ2v) is 8.39. The van der Waals surface area contributed by atoms with Crippen molar-refractivity contribution in [1.29, 1.82) is 0 Å². The molecule has 1 aliphatic rings. The summed E-state index contributed by atoms with van der Waals surface area (Å²) in [5.74, 6) is 0.295. The van der Waals surface area contributed by atoms with E-state index in [9.17, 15) is 9.59 Å². The van der Waals surface area contributed by atoms with Crippen LogP contribution < -0.4 is 0 Å². The van der Waals surface area contributed by atoms with E-state index in [4.69, 9.17) is 0 Å². The number of aromatic nitrogens is 3. The van der Waals surface area contributed by atoms with Crippen LogP contribution in [0, 0.1) is 13.8 Å². The van der Waals surface area contributed by atoms with Crippen LogP contribution in [0.5, 0.6) is 0 Å². The normalized spacial score (nSPS) is 15.2. The Morgan fingerprint density at radius 1 is 1.11 bits per heavy atom. The van der Waals surface area contributed by atoms with Gasteiger partial charge in [0.1, 0.15) is 0 Å². The van der Waals surface area contributed by atoms with Gasteiger partial charge in [-0.05, 0) is 33.1 Å². The lowest BCUT2D eigenvalue weighted by molar-refractivity contribution is 0.0717. The molecule has 0 aliphatic carbocycles. The Balaban J connectivity index is 1.70. The highest BCUT2D eigenvalue weighted by atomic mass is 32.1. The van der Waals surface area contributed by atoms with Crippen LogP contribution in [0.3, 0.4) is 0 Å². The second-order valence-electron chi connectivity index (χ2n) is 7.53. The fraction of sp³-hybridized carbons (Fsp3) is 0.600. The maximum Gasteiger partial charge on any atom is 0.282 e. The van der Waals surface area contributed by atoms with Gasteiger partial charge >= 0.3 is 0 Å². The summed E-state index contributed by atoms with van der Waals surface area (Å²) in [7, 11) is 0. The van der Waals surface area contributed by atoms with E-state index in [2.05, 4.69) is 23.9 Å². The number of hydrogen-bond donors (Lipinski definition) is 0. The number of carbonyl (C=O) groups excluding carboxylic acids is 2. The Morgan fingerprint density at radius 3 is 2.29 bits per heavy atom. The average Bonchev–Trinajstić information content (AvgIpc) is 3.17. The maximum absolute atomic E-state index is 13.1. The van der Waals surface area contributed by atoms with Gasteiger partial charge in [0.25, 0.3) is 11.8 Å². The molecule has 0 unspecified atom stereocenters. The van der Waals surface area contributed by atoms with Gasteiger partial charge in [0.05, 0.1) is 17.0 Å². The Labute approximate surface area is 170 Å². The number of thiazole rings is 1. The highest BCUT2D eigenvalue weighted by Crippen LogP contribution is 2.21. The van der Waals surface area contributed by atoms with Gasteiger partial charge < -0.3 is 9.80 Å². The third kappa shape index (κ3) is 3.97. The first-order valence-corrected chi connectivity index (χ1v) is 10.8. The molecule has 1 fully saturated rings. The smallest absolute Gasteiger partial charge is 0.282 e. The maximum atomic E-state index is 13.1. The van der Waals surface area contributed by atoms with Gasteiger partial charge in [-0.2, -0.15) is 5.10 Å². The van der Waals surface area contributed by atoms with Gasteiger partial charge in [-0.25, -0.2) is 4.98 Å². The predicted octanol–water partition coefficient (Wildman–Crippen LogP) is 3.09. The lowest BCUT2D eigenvalue weighted by atomic mass is 10.1. The Bertz CT molecular complexity index is 870. The summed E-state index contributed by atoms with van der Waals surface area (Å²) in [5.41, 5.74) is 3.33. The number of rotatable bonds is 4. The molecule has 0 spiro atoms. The molecule has 152 valence electrons. The van der Waals surface area contributed by atoms with E-state index in [0.717, 1.165) is 30.0 Å². The molecular formula is C20H29N5O2S. The molecule has 7 nitrogen and oxygen atoms in total. The van der Waals surface area contributed by atoms with Crippen molar-refractivity contribution in [2.75, 3.05) is 26.2 Å². The molecule has 0 radical (unpaired) electrons. The number of nitrogens with zero attached hydrogens (tertiary/aromatic N) is 5. The number of aryl methyl sites for hydroxylation is 2. The zero-order valence-electron chi connectivity index (χ0n) is 17.4. The molecule has 0 bridgehead atoms. The van der Waals surface area contributed by atoms with E-state index >= 15 is 0 Å². The van der Waals surface area contributed by atoms with Crippen LogP contribution in [-0.4, -0.2) is 62.6 Å². The SMILES string of the molecule is CCn1nc(C)c(C(=O)N2CCCN(C(=O)c3nc(C(C)C)cs3)CC2)c1C. The van der Waals surface area contributed by atoms with E-state index in [1.807, 2.05) is 40.6 Å². The Morgan fingerprint density at radius 2 is 1.75 bits per heavy atom. The minimum atomic E-state index is -0.0302. The Hall–Kier alpha value is -2.22. The number of amides is 2. The molecule has 0 N–H and O–H groups in total. The van der Waals surface area contributed by atoms with Crippen LogP contribution in [0.15, 0.2) is 5.38 Å². The fourth-order valence-corrected chi connectivity index (χ4v) is 4.53. The summed E-state index contributed by atoms with van der Waals surface area (Å²) >= 11 is 1.41. The van der Waals surface area contributed by atoms with Gasteiger partial charge in [-0.1, -0.05) is 13.8 Å². The summed E-state index contributed by atoms with van der Waals surface area (Å²) in [6.45, 7) is 13.1. The van der Waals surface area contributed by atoms with Crippen molar-refractivity contribution in [1.82, 2.24) is 24.6 Å². The highest BCUT2D eigenvalue weighted by Gasteiger charge is 2.28. The van der Waals surface area contributed by atoms with Crippen LogP contribution in [0.25, 0.3) is 0 Å². The van der Waals surface area contributed by atoms with Crippen molar-refractivity contribution in [2.24, 2.45) is 0 Å². The first kappa shape index (κ1) is 20.5. The molecule has 28 heavy (non-hydrogen) atoms. The van der Waals surface area contributed by atoms with E-state index in [-0.39, 0.29) is 11.8 Å². The topological polar surface area (TPSA) is 71.3 Å². The van der Waals surface area contributed by atoms with Crippen molar-refractivity contribution < 1.29 is 9.59 Å². The summed E-state index contributed by atoms with van der Waals surface area (Å²) in [5, 5.41) is 6.97.